The molecule has 1 aliphatic heterocycles. The zero-order valence-electron chi connectivity index (χ0n) is 5.51. The molecule has 0 aromatic carbocycles. The van der Waals surface area contributed by atoms with Crippen LogP contribution < -0.4 is 5.32 Å². The first kappa shape index (κ1) is 6.78. The van der Waals surface area contributed by atoms with E-state index < -0.39 is 0 Å². The van der Waals surface area contributed by atoms with Crippen LogP contribution in [0, 0.1) is 5.92 Å². The summed E-state index contributed by atoms with van der Waals surface area (Å²) in [5, 5.41) is 12.3. The Morgan fingerprint density at radius 1 is 1.67 bits per heavy atom. The highest BCUT2D eigenvalue weighted by molar-refractivity contribution is 4.85. The minimum absolute atomic E-state index is 0.150. The van der Waals surface area contributed by atoms with Gasteiger partial charge in [-0.3, -0.25) is 0 Å². The molecule has 1 rings (SSSR count). The van der Waals surface area contributed by atoms with E-state index in [0.717, 1.165) is 19.5 Å². The lowest BCUT2D eigenvalue weighted by Crippen LogP contribution is -2.16. The van der Waals surface area contributed by atoms with E-state index >= 15 is 0 Å². The summed E-state index contributed by atoms with van der Waals surface area (Å²) in [5.74, 6) is 0.405. The van der Waals surface area contributed by atoms with Gasteiger partial charge >= 0.3 is 0 Å². The van der Waals surface area contributed by atoms with Gasteiger partial charge in [-0.2, -0.15) is 0 Å². The molecule has 2 N–H and O–H groups in total. The summed E-state index contributed by atoms with van der Waals surface area (Å²) >= 11 is 0. The molecule has 0 radical (unpaired) electrons. The van der Waals surface area contributed by atoms with E-state index in [2.05, 4.69) is 11.9 Å². The van der Waals surface area contributed by atoms with E-state index in [1.54, 1.807) is 0 Å². The number of aliphatic hydroxyl groups is 1. The third kappa shape index (κ3) is 1.53. The minimum atomic E-state index is -0.150. The summed E-state index contributed by atoms with van der Waals surface area (Å²) in [4.78, 5) is 0. The van der Waals surface area contributed by atoms with Crippen molar-refractivity contribution in [1.29, 1.82) is 0 Å². The maximum absolute atomic E-state index is 9.21. The minimum Gasteiger partial charge on any atom is -0.391 e. The third-order valence-corrected chi connectivity index (χ3v) is 1.77. The van der Waals surface area contributed by atoms with Crippen LogP contribution in [-0.2, 0) is 0 Å². The number of rotatable bonds is 2. The average Bonchev–Trinajstić information content (AvgIpc) is 2.18. The lowest BCUT2D eigenvalue weighted by Gasteiger charge is -2.08. The Labute approximate surface area is 55.6 Å². The van der Waals surface area contributed by atoms with Crippen molar-refractivity contribution in [3.05, 3.63) is 12.7 Å². The normalized spacial score (nSPS) is 34.8. The van der Waals surface area contributed by atoms with Gasteiger partial charge in [0.25, 0.3) is 0 Å². The van der Waals surface area contributed by atoms with Crippen molar-refractivity contribution in [1.82, 2.24) is 5.32 Å². The summed E-state index contributed by atoms with van der Waals surface area (Å²) in [6.07, 6.45) is 2.64. The van der Waals surface area contributed by atoms with Crippen LogP contribution in [0.1, 0.15) is 6.42 Å². The van der Waals surface area contributed by atoms with Gasteiger partial charge in [0, 0.05) is 19.0 Å². The molecule has 2 nitrogen and oxygen atoms in total. The fraction of sp³-hybridized carbons (Fsp3) is 0.714. The Morgan fingerprint density at radius 2 is 2.44 bits per heavy atom. The Balaban J connectivity index is 2.30. The smallest absolute Gasteiger partial charge is 0.0707 e. The highest BCUT2D eigenvalue weighted by Gasteiger charge is 2.22. The molecule has 52 valence electrons. The van der Waals surface area contributed by atoms with E-state index in [1.807, 2.05) is 6.08 Å². The molecule has 0 spiro atoms. The van der Waals surface area contributed by atoms with Crippen LogP contribution >= 0.6 is 0 Å². The summed E-state index contributed by atoms with van der Waals surface area (Å²) in [6.45, 7) is 5.31. The van der Waals surface area contributed by atoms with Crippen LogP contribution in [-0.4, -0.2) is 24.3 Å². The standard InChI is InChI=1S/C7H13NO/c1-2-3-6-4-8-5-7(6)9/h2,6-9H,1,3-5H2/t6-,7-/m0/s1. The predicted octanol–water partition coefficient (Wildman–Crippen LogP) is 0.143. The van der Waals surface area contributed by atoms with Crippen LogP contribution in [0.15, 0.2) is 12.7 Å². The largest absolute Gasteiger partial charge is 0.391 e. The average molecular weight is 127 g/mol. The number of hydrogen-bond acceptors (Lipinski definition) is 2. The van der Waals surface area contributed by atoms with Gasteiger partial charge in [0.2, 0.25) is 0 Å². The van der Waals surface area contributed by atoms with Gasteiger partial charge in [0.1, 0.15) is 0 Å². The van der Waals surface area contributed by atoms with Crippen molar-refractivity contribution >= 4 is 0 Å². The van der Waals surface area contributed by atoms with Crippen molar-refractivity contribution in [2.45, 2.75) is 12.5 Å². The predicted molar refractivity (Wildman–Crippen MR) is 37.2 cm³/mol. The summed E-state index contributed by atoms with van der Waals surface area (Å²) in [5.41, 5.74) is 0. The molecule has 1 saturated heterocycles. The summed E-state index contributed by atoms with van der Waals surface area (Å²) in [7, 11) is 0. The Kier molecular flexibility index (Phi) is 2.25. The van der Waals surface area contributed by atoms with Crippen molar-refractivity contribution < 1.29 is 5.11 Å². The molecule has 0 aromatic heterocycles. The van der Waals surface area contributed by atoms with Crippen molar-refractivity contribution in [2.24, 2.45) is 5.92 Å². The summed E-state index contributed by atoms with van der Waals surface area (Å²) in [6, 6.07) is 0. The van der Waals surface area contributed by atoms with Crippen LogP contribution in [0.25, 0.3) is 0 Å². The van der Waals surface area contributed by atoms with E-state index in [0.29, 0.717) is 5.92 Å². The van der Waals surface area contributed by atoms with Gasteiger partial charge in [0.05, 0.1) is 6.10 Å². The Morgan fingerprint density at radius 3 is 2.89 bits per heavy atom. The second-order valence-corrected chi connectivity index (χ2v) is 2.51. The third-order valence-electron chi connectivity index (χ3n) is 1.77. The molecule has 0 saturated carbocycles. The van der Waals surface area contributed by atoms with Gasteiger partial charge in [-0.05, 0) is 6.42 Å². The quantitative estimate of drug-likeness (QED) is 0.517. The molecule has 1 fully saturated rings. The number of β-amino-alcohol motifs (C(OH)–C–C–N with tert-alkyl or cyclic N) is 1. The van der Waals surface area contributed by atoms with Crippen LogP contribution in [0.5, 0.6) is 0 Å². The molecule has 0 unspecified atom stereocenters. The Bertz CT molecular complexity index is 103. The first-order valence-corrected chi connectivity index (χ1v) is 3.34. The highest BCUT2D eigenvalue weighted by atomic mass is 16.3. The number of nitrogens with one attached hydrogen (secondary N) is 1. The zero-order valence-corrected chi connectivity index (χ0v) is 5.51. The lowest BCUT2D eigenvalue weighted by atomic mass is 10.0. The lowest BCUT2D eigenvalue weighted by molar-refractivity contribution is 0.149. The van der Waals surface area contributed by atoms with Gasteiger partial charge < -0.3 is 10.4 Å². The molecule has 1 heterocycles. The molecule has 2 atom stereocenters. The number of allylic oxidation sites excluding steroid dienone is 1. The monoisotopic (exact) mass is 127 g/mol. The van der Waals surface area contributed by atoms with E-state index in [9.17, 15) is 5.11 Å². The topological polar surface area (TPSA) is 32.3 Å². The number of hydrogen-bond donors (Lipinski definition) is 2. The maximum atomic E-state index is 9.21. The molecule has 0 aliphatic carbocycles. The van der Waals surface area contributed by atoms with Gasteiger partial charge in [-0.15, -0.1) is 6.58 Å². The van der Waals surface area contributed by atoms with Gasteiger partial charge in [-0.1, -0.05) is 6.08 Å². The van der Waals surface area contributed by atoms with E-state index in [4.69, 9.17) is 0 Å². The maximum Gasteiger partial charge on any atom is 0.0707 e. The molecule has 1 aliphatic rings. The molecule has 9 heavy (non-hydrogen) atoms. The SMILES string of the molecule is C=CC[C@H]1CNC[C@@H]1O. The van der Waals surface area contributed by atoms with E-state index in [-0.39, 0.29) is 6.10 Å². The fourth-order valence-electron chi connectivity index (χ4n) is 1.17. The van der Waals surface area contributed by atoms with Crippen molar-refractivity contribution in [3.63, 3.8) is 0 Å². The molecular formula is C7H13NO. The molecule has 0 amide bonds. The van der Waals surface area contributed by atoms with Gasteiger partial charge in [0.15, 0.2) is 0 Å². The summed E-state index contributed by atoms with van der Waals surface area (Å²) < 4.78 is 0. The molecule has 0 bridgehead atoms. The zero-order chi connectivity index (χ0) is 6.69. The first-order chi connectivity index (χ1) is 4.34. The second kappa shape index (κ2) is 2.99. The van der Waals surface area contributed by atoms with Gasteiger partial charge in [-0.25, -0.2) is 0 Å². The first-order valence-electron chi connectivity index (χ1n) is 3.34. The molecule has 0 aromatic rings. The fourth-order valence-corrected chi connectivity index (χ4v) is 1.17. The molecule has 2 heteroatoms. The van der Waals surface area contributed by atoms with Crippen molar-refractivity contribution in [3.8, 4) is 0 Å². The highest BCUT2D eigenvalue weighted by Crippen LogP contribution is 2.12. The molecular weight excluding hydrogens is 114 g/mol. The second-order valence-electron chi connectivity index (χ2n) is 2.51. The Hall–Kier alpha value is -0.340. The van der Waals surface area contributed by atoms with Crippen LogP contribution in [0.4, 0.5) is 0 Å². The van der Waals surface area contributed by atoms with Crippen molar-refractivity contribution in [2.75, 3.05) is 13.1 Å². The number of aliphatic hydroxyl groups excluding tert-OH is 1. The van der Waals surface area contributed by atoms with Crippen LogP contribution in [0.3, 0.4) is 0 Å². The van der Waals surface area contributed by atoms with E-state index in [1.165, 1.54) is 0 Å². The van der Waals surface area contributed by atoms with Crippen LogP contribution in [0.2, 0.25) is 0 Å².